The number of nitrogens with zero attached hydrogens (tertiary/aromatic N) is 1. The van der Waals surface area contributed by atoms with Crippen molar-refractivity contribution in [1.29, 1.82) is 0 Å². The number of likely N-dealkylation sites (tertiary alicyclic amines) is 1. The Balaban J connectivity index is 1.61. The second-order valence-corrected chi connectivity index (χ2v) is 11.4. The van der Waals surface area contributed by atoms with E-state index in [1.807, 2.05) is 60.7 Å². The molecule has 2 aromatic carbocycles. The van der Waals surface area contributed by atoms with Crippen molar-refractivity contribution in [3.8, 4) is 0 Å². The Bertz CT molecular complexity index is 1290. The number of carbonyl (C=O) groups is 6. The molecule has 2 aromatic rings. The number of thioether (sulfide) groups is 1. The van der Waals surface area contributed by atoms with Gasteiger partial charge in [-0.2, -0.15) is 0 Å². The van der Waals surface area contributed by atoms with Gasteiger partial charge in [0, 0.05) is 25.1 Å². The van der Waals surface area contributed by atoms with E-state index in [0.717, 1.165) is 22.9 Å². The minimum Gasteiger partial charge on any atom is -0.481 e. The summed E-state index contributed by atoms with van der Waals surface area (Å²) in [6, 6.07) is 15.4. The Hall–Kier alpha value is -4.19. The fourth-order valence-electron chi connectivity index (χ4n) is 4.69. The van der Waals surface area contributed by atoms with Crippen LogP contribution >= 0.6 is 11.8 Å². The average Bonchev–Trinajstić information content (AvgIpc) is 3.49. The largest absolute Gasteiger partial charge is 0.481 e. The second-order valence-electron chi connectivity index (χ2n) is 10.4. The lowest BCUT2D eigenvalue weighted by Crippen LogP contribution is -2.56. The summed E-state index contributed by atoms with van der Waals surface area (Å²) in [5, 5.41) is 16.4. The number of carboxylic acid groups (broad SMARTS) is 1. The Morgan fingerprint density at radius 2 is 1.49 bits per heavy atom. The van der Waals surface area contributed by atoms with Gasteiger partial charge >= 0.3 is 5.97 Å². The molecule has 0 saturated carbocycles. The van der Waals surface area contributed by atoms with E-state index in [-0.39, 0.29) is 18.0 Å². The van der Waals surface area contributed by atoms with E-state index in [0.29, 0.717) is 31.6 Å². The predicted octanol–water partition coefficient (Wildman–Crippen LogP) is 2.04. The van der Waals surface area contributed by atoms with Crippen LogP contribution in [0.4, 0.5) is 0 Å². The standard InChI is InChI=1S/C31H38N4O7S/c1-20(32-26(36)15-16-27(37)38)28(39)33-21(2)30(41)35-17-9-14-25(35)29(40)34-24(18-22-10-5-3-6-11-22)31(42)43-19-23-12-7-4-8-13-23/h3-8,10-13,20-21,24-25H,9,14-19H2,1-2H3,(H,32,36)(H,33,39)(H,34,40)(H,37,38)/t20-,21+,24+,25-/m0/s1. The first kappa shape index (κ1) is 33.3. The summed E-state index contributed by atoms with van der Waals surface area (Å²) in [5.41, 5.74) is 1.88. The number of benzene rings is 2. The normalized spacial score (nSPS) is 16.4. The Labute approximate surface area is 255 Å². The summed E-state index contributed by atoms with van der Waals surface area (Å²) in [6.07, 6.45) is 0.663. The maximum atomic E-state index is 13.5. The third-order valence-corrected chi connectivity index (χ3v) is 8.06. The fourth-order valence-corrected chi connectivity index (χ4v) is 5.54. The lowest BCUT2D eigenvalue weighted by molar-refractivity contribution is -0.141. The zero-order valence-electron chi connectivity index (χ0n) is 24.3. The number of hydrogen-bond donors (Lipinski definition) is 4. The first-order chi connectivity index (χ1) is 20.5. The number of amides is 4. The Kier molecular flexibility index (Phi) is 12.7. The lowest BCUT2D eigenvalue weighted by Gasteiger charge is -2.29. The summed E-state index contributed by atoms with van der Waals surface area (Å²) in [6.45, 7) is 3.24. The number of carbonyl (C=O) groups excluding carboxylic acids is 5. The number of nitrogens with one attached hydrogen (secondary N) is 3. The second kappa shape index (κ2) is 16.4. The van der Waals surface area contributed by atoms with Gasteiger partial charge in [0.05, 0.1) is 6.42 Å². The van der Waals surface area contributed by atoms with Crippen LogP contribution < -0.4 is 16.0 Å². The summed E-state index contributed by atoms with van der Waals surface area (Å²) < 4.78 is 0. The maximum Gasteiger partial charge on any atom is 0.303 e. The zero-order valence-corrected chi connectivity index (χ0v) is 25.1. The predicted molar refractivity (Wildman–Crippen MR) is 162 cm³/mol. The van der Waals surface area contributed by atoms with Crippen molar-refractivity contribution in [1.82, 2.24) is 20.9 Å². The van der Waals surface area contributed by atoms with Gasteiger partial charge in [-0.3, -0.25) is 28.8 Å². The van der Waals surface area contributed by atoms with Crippen LogP contribution in [0.5, 0.6) is 0 Å². The Morgan fingerprint density at radius 3 is 2.12 bits per heavy atom. The third-order valence-electron chi connectivity index (χ3n) is 7.01. The van der Waals surface area contributed by atoms with Crippen molar-refractivity contribution in [3.63, 3.8) is 0 Å². The molecule has 3 rings (SSSR count). The van der Waals surface area contributed by atoms with Crippen molar-refractivity contribution in [2.45, 2.75) is 75.9 Å². The molecule has 0 bridgehead atoms. The van der Waals surface area contributed by atoms with E-state index >= 15 is 0 Å². The van der Waals surface area contributed by atoms with E-state index in [4.69, 9.17) is 5.11 Å². The maximum absolute atomic E-state index is 13.5. The van der Waals surface area contributed by atoms with Crippen LogP contribution in [-0.2, 0) is 40.9 Å². The number of aliphatic carboxylic acids is 1. The van der Waals surface area contributed by atoms with Crippen molar-refractivity contribution >= 4 is 46.5 Å². The van der Waals surface area contributed by atoms with Crippen molar-refractivity contribution in [3.05, 3.63) is 71.8 Å². The van der Waals surface area contributed by atoms with Crippen LogP contribution in [0.1, 0.15) is 50.7 Å². The molecule has 1 heterocycles. The molecule has 11 nitrogen and oxygen atoms in total. The van der Waals surface area contributed by atoms with Crippen LogP contribution in [0.2, 0.25) is 0 Å². The Morgan fingerprint density at radius 1 is 0.860 bits per heavy atom. The molecule has 0 radical (unpaired) electrons. The zero-order chi connectivity index (χ0) is 31.4. The van der Waals surface area contributed by atoms with Gasteiger partial charge < -0.3 is 26.0 Å². The van der Waals surface area contributed by atoms with Gasteiger partial charge in [-0.1, -0.05) is 72.4 Å². The van der Waals surface area contributed by atoms with Crippen LogP contribution in [0.3, 0.4) is 0 Å². The molecule has 0 aromatic heterocycles. The van der Waals surface area contributed by atoms with Gasteiger partial charge in [0.25, 0.3) is 0 Å². The first-order valence-corrected chi connectivity index (χ1v) is 15.2. The molecule has 4 amide bonds. The number of carboxylic acids is 1. The lowest BCUT2D eigenvalue weighted by atomic mass is 10.1. The van der Waals surface area contributed by atoms with Gasteiger partial charge in [0.2, 0.25) is 28.7 Å². The summed E-state index contributed by atoms with van der Waals surface area (Å²) in [7, 11) is 0. The molecule has 0 spiro atoms. The highest BCUT2D eigenvalue weighted by Gasteiger charge is 2.38. The third kappa shape index (κ3) is 10.5. The molecule has 12 heteroatoms. The van der Waals surface area contributed by atoms with E-state index in [1.165, 1.54) is 18.7 Å². The molecule has 1 fully saturated rings. The number of hydrogen-bond acceptors (Lipinski definition) is 7. The van der Waals surface area contributed by atoms with Gasteiger partial charge in [0.1, 0.15) is 24.2 Å². The molecule has 0 unspecified atom stereocenters. The van der Waals surface area contributed by atoms with E-state index in [9.17, 15) is 28.8 Å². The van der Waals surface area contributed by atoms with Crippen molar-refractivity contribution < 1.29 is 33.9 Å². The smallest absolute Gasteiger partial charge is 0.303 e. The topological polar surface area (TPSA) is 162 Å². The van der Waals surface area contributed by atoms with Gasteiger partial charge in [0.15, 0.2) is 0 Å². The van der Waals surface area contributed by atoms with E-state index < -0.39 is 53.8 Å². The number of rotatable bonds is 14. The van der Waals surface area contributed by atoms with Crippen LogP contribution in [0.25, 0.3) is 0 Å². The summed E-state index contributed by atoms with van der Waals surface area (Å²) >= 11 is 1.13. The highest BCUT2D eigenvalue weighted by Crippen LogP contribution is 2.21. The van der Waals surface area contributed by atoms with Crippen LogP contribution in [-0.4, -0.2) is 75.4 Å². The van der Waals surface area contributed by atoms with Crippen molar-refractivity contribution in [2.75, 3.05) is 6.54 Å². The molecule has 4 atom stereocenters. The summed E-state index contributed by atoms with van der Waals surface area (Å²) in [4.78, 5) is 76.6. The molecule has 0 aliphatic carbocycles. The minimum atomic E-state index is -1.13. The van der Waals surface area contributed by atoms with Crippen LogP contribution in [0.15, 0.2) is 60.7 Å². The van der Waals surface area contributed by atoms with E-state index in [2.05, 4.69) is 16.0 Å². The highest BCUT2D eigenvalue weighted by atomic mass is 32.2. The van der Waals surface area contributed by atoms with Crippen molar-refractivity contribution in [2.24, 2.45) is 0 Å². The fraction of sp³-hybridized carbons (Fsp3) is 0.419. The minimum absolute atomic E-state index is 0.183. The first-order valence-electron chi connectivity index (χ1n) is 14.2. The molecule has 43 heavy (non-hydrogen) atoms. The molecule has 4 N–H and O–H groups in total. The molecule has 1 aliphatic heterocycles. The average molecular weight is 611 g/mol. The molecule has 1 aliphatic rings. The van der Waals surface area contributed by atoms with Gasteiger partial charge in [-0.05, 0) is 37.8 Å². The highest BCUT2D eigenvalue weighted by molar-refractivity contribution is 8.13. The monoisotopic (exact) mass is 610 g/mol. The molecular formula is C31H38N4O7S. The van der Waals surface area contributed by atoms with Gasteiger partial charge in [-0.25, -0.2) is 0 Å². The molecule has 1 saturated heterocycles. The summed E-state index contributed by atoms with van der Waals surface area (Å²) in [5.74, 6) is -2.77. The molecular weight excluding hydrogens is 572 g/mol. The molecule has 230 valence electrons. The quantitative estimate of drug-likeness (QED) is 0.253. The van der Waals surface area contributed by atoms with E-state index in [1.54, 1.807) is 0 Å². The SMILES string of the molecule is C[C@H](NC(=O)CCC(=O)O)C(=O)N[C@H](C)C(=O)N1CCC[C@H]1C(=O)N[C@H](Cc1ccccc1)C(=O)SCc1ccccc1. The van der Waals surface area contributed by atoms with Crippen LogP contribution in [0, 0.1) is 0 Å². The van der Waals surface area contributed by atoms with Gasteiger partial charge in [-0.15, -0.1) is 0 Å².